The number of urea groups is 1. The smallest absolute Gasteiger partial charge is 0.285 e. The van der Waals surface area contributed by atoms with Gasteiger partial charge in [-0.25, -0.2) is 4.79 Å². The molecule has 4 heteroatoms. The zero-order valence-electron chi connectivity index (χ0n) is 9.41. The van der Waals surface area contributed by atoms with Gasteiger partial charge in [-0.2, -0.15) is 0 Å². The molecule has 4 nitrogen and oxygen atoms in total. The molecule has 1 fully saturated rings. The summed E-state index contributed by atoms with van der Waals surface area (Å²) in [7, 11) is 0. The number of carbonyl (C=O) groups excluding carboxylic acids is 2. The lowest BCUT2D eigenvalue weighted by atomic mass is 10.1. The second-order valence-corrected chi connectivity index (χ2v) is 3.97. The van der Waals surface area contributed by atoms with Gasteiger partial charge in [-0.05, 0) is 36.6 Å². The first kappa shape index (κ1) is 10.7. The molecule has 0 aromatic heterocycles. The summed E-state index contributed by atoms with van der Waals surface area (Å²) < 4.78 is 0. The van der Waals surface area contributed by atoms with Crippen LogP contribution >= 0.6 is 0 Å². The highest BCUT2D eigenvalue weighted by molar-refractivity contribution is 6.12. The Labute approximate surface area is 94.2 Å². The van der Waals surface area contributed by atoms with Crippen LogP contribution in [0, 0.1) is 6.92 Å². The Morgan fingerprint density at radius 2 is 2.06 bits per heavy atom. The highest BCUT2D eigenvalue weighted by atomic mass is 16.2. The summed E-state index contributed by atoms with van der Waals surface area (Å²) in [5.74, 6) is -0.246. The van der Waals surface area contributed by atoms with E-state index in [-0.39, 0.29) is 18.5 Å². The molecule has 1 N–H and O–H groups in total. The van der Waals surface area contributed by atoms with Gasteiger partial charge in [0.15, 0.2) is 0 Å². The highest BCUT2D eigenvalue weighted by Gasteiger charge is 2.27. The third-order valence-corrected chi connectivity index (χ3v) is 2.64. The molecule has 16 heavy (non-hydrogen) atoms. The lowest BCUT2D eigenvalue weighted by Crippen LogP contribution is -2.27. The molecule has 0 aliphatic carbocycles. The second kappa shape index (κ2) is 3.96. The zero-order valence-corrected chi connectivity index (χ0v) is 9.41. The Morgan fingerprint density at radius 1 is 1.31 bits per heavy atom. The van der Waals surface area contributed by atoms with E-state index in [0.717, 1.165) is 17.7 Å². The van der Waals surface area contributed by atoms with Crippen molar-refractivity contribution in [2.24, 2.45) is 0 Å². The SMILES string of the molecule is CCc1cc(C)cc(N2CC(=O)NC2=O)c1. The van der Waals surface area contributed by atoms with Crippen molar-refractivity contribution in [1.82, 2.24) is 5.32 Å². The van der Waals surface area contributed by atoms with Crippen molar-refractivity contribution in [2.75, 3.05) is 11.4 Å². The predicted molar refractivity (Wildman–Crippen MR) is 61.4 cm³/mol. The molecule has 3 amide bonds. The molecule has 0 unspecified atom stereocenters. The summed E-state index contributed by atoms with van der Waals surface area (Å²) in [6.45, 7) is 4.16. The van der Waals surface area contributed by atoms with Crippen molar-refractivity contribution in [3.05, 3.63) is 29.3 Å². The average Bonchev–Trinajstić information content (AvgIpc) is 2.57. The number of amides is 3. The van der Waals surface area contributed by atoms with E-state index in [9.17, 15) is 9.59 Å². The summed E-state index contributed by atoms with van der Waals surface area (Å²) in [6.07, 6.45) is 0.915. The van der Waals surface area contributed by atoms with E-state index >= 15 is 0 Å². The molecule has 1 aromatic rings. The maximum atomic E-state index is 11.5. The van der Waals surface area contributed by atoms with Crippen LogP contribution in [0.2, 0.25) is 0 Å². The summed E-state index contributed by atoms with van der Waals surface area (Å²) in [5, 5.41) is 2.27. The molecule has 0 saturated carbocycles. The van der Waals surface area contributed by atoms with Gasteiger partial charge in [-0.1, -0.05) is 13.0 Å². The van der Waals surface area contributed by atoms with Gasteiger partial charge in [0.2, 0.25) is 5.91 Å². The molecule has 0 atom stereocenters. The fraction of sp³-hybridized carbons (Fsp3) is 0.333. The minimum absolute atomic E-state index is 0.117. The third kappa shape index (κ3) is 1.91. The van der Waals surface area contributed by atoms with Gasteiger partial charge in [0, 0.05) is 5.69 Å². The van der Waals surface area contributed by atoms with Crippen LogP contribution in [-0.4, -0.2) is 18.5 Å². The van der Waals surface area contributed by atoms with E-state index in [2.05, 4.69) is 18.3 Å². The third-order valence-electron chi connectivity index (χ3n) is 2.64. The lowest BCUT2D eigenvalue weighted by molar-refractivity contribution is -0.117. The average molecular weight is 218 g/mol. The Bertz CT molecular complexity index is 454. The monoisotopic (exact) mass is 218 g/mol. The quantitative estimate of drug-likeness (QED) is 0.767. The van der Waals surface area contributed by atoms with Crippen molar-refractivity contribution in [1.29, 1.82) is 0 Å². The van der Waals surface area contributed by atoms with Crippen molar-refractivity contribution in [3.8, 4) is 0 Å². The van der Waals surface area contributed by atoms with Crippen LogP contribution in [0.1, 0.15) is 18.1 Å². The molecule has 0 spiro atoms. The van der Waals surface area contributed by atoms with Crippen molar-refractivity contribution >= 4 is 17.6 Å². The molecule has 1 aromatic carbocycles. The van der Waals surface area contributed by atoms with E-state index in [4.69, 9.17) is 0 Å². The van der Waals surface area contributed by atoms with Gasteiger partial charge >= 0.3 is 6.03 Å². The number of anilines is 1. The Hall–Kier alpha value is -1.84. The van der Waals surface area contributed by atoms with Gasteiger partial charge in [0.05, 0.1) is 0 Å². The van der Waals surface area contributed by atoms with Crippen molar-refractivity contribution in [2.45, 2.75) is 20.3 Å². The van der Waals surface area contributed by atoms with Crippen LogP contribution in [0.5, 0.6) is 0 Å². The molecule has 1 aliphatic rings. The largest absolute Gasteiger partial charge is 0.329 e. The van der Waals surface area contributed by atoms with Crippen molar-refractivity contribution < 1.29 is 9.59 Å². The van der Waals surface area contributed by atoms with Crippen LogP contribution in [0.3, 0.4) is 0 Å². The fourth-order valence-corrected chi connectivity index (χ4v) is 1.85. The van der Waals surface area contributed by atoms with Crippen LogP contribution in [0.4, 0.5) is 10.5 Å². The summed E-state index contributed by atoms with van der Waals surface area (Å²) in [5.41, 5.74) is 3.06. The lowest BCUT2D eigenvalue weighted by Gasteiger charge is -2.15. The van der Waals surface area contributed by atoms with Gasteiger partial charge < -0.3 is 0 Å². The van der Waals surface area contributed by atoms with Gasteiger partial charge in [0.25, 0.3) is 0 Å². The predicted octanol–water partition coefficient (Wildman–Crippen LogP) is 1.61. The number of imide groups is 1. The zero-order chi connectivity index (χ0) is 11.7. The molecule has 1 aliphatic heterocycles. The minimum atomic E-state index is -0.336. The summed E-state index contributed by atoms with van der Waals surface area (Å²) >= 11 is 0. The molecule has 2 rings (SSSR count). The number of carbonyl (C=O) groups is 2. The number of hydrogen-bond donors (Lipinski definition) is 1. The van der Waals surface area contributed by atoms with Crippen LogP contribution in [0.25, 0.3) is 0 Å². The van der Waals surface area contributed by atoms with Gasteiger partial charge in [-0.3, -0.25) is 15.0 Å². The highest BCUT2D eigenvalue weighted by Crippen LogP contribution is 2.21. The van der Waals surface area contributed by atoms with E-state index in [1.807, 2.05) is 19.1 Å². The number of aryl methyl sites for hydroxylation is 2. The number of benzene rings is 1. The number of nitrogens with one attached hydrogen (secondary N) is 1. The minimum Gasteiger partial charge on any atom is -0.285 e. The molecule has 0 bridgehead atoms. The Morgan fingerprint density at radius 3 is 2.62 bits per heavy atom. The topological polar surface area (TPSA) is 49.4 Å². The van der Waals surface area contributed by atoms with Crippen LogP contribution in [0.15, 0.2) is 18.2 Å². The molecular formula is C12H14N2O2. The normalized spacial score (nSPS) is 15.5. The maximum absolute atomic E-state index is 11.5. The molecule has 0 radical (unpaired) electrons. The van der Waals surface area contributed by atoms with E-state index in [1.165, 1.54) is 10.5 Å². The van der Waals surface area contributed by atoms with E-state index in [0.29, 0.717) is 0 Å². The Balaban J connectivity index is 2.36. The first-order valence-electron chi connectivity index (χ1n) is 5.32. The number of nitrogens with zero attached hydrogens (tertiary/aromatic N) is 1. The van der Waals surface area contributed by atoms with Gasteiger partial charge in [0.1, 0.15) is 6.54 Å². The standard InChI is InChI=1S/C12H14N2O2/c1-3-9-4-8(2)5-10(6-9)14-7-11(15)13-12(14)16/h4-6H,3,7H2,1-2H3,(H,13,15,16). The van der Waals surface area contributed by atoms with Crippen LogP contribution < -0.4 is 10.2 Å². The van der Waals surface area contributed by atoms with Gasteiger partial charge in [-0.15, -0.1) is 0 Å². The maximum Gasteiger partial charge on any atom is 0.329 e. The fourth-order valence-electron chi connectivity index (χ4n) is 1.85. The second-order valence-electron chi connectivity index (χ2n) is 3.97. The number of rotatable bonds is 2. The van der Waals surface area contributed by atoms with Crippen molar-refractivity contribution in [3.63, 3.8) is 0 Å². The summed E-state index contributed by atoms with van der Waals surface area (Å²) in [6, 6.07) is 5.61. The summed E-state index contributed by atoms with van der Waals surface area (Å²) in [4.78, 5) is 24.1. The molecule has 1 saturated heterocycles. The first-order valence-corrected chi connectivity index (χ1v) is 5.32. The van der Waals surface area contributed by atoms with Crippen LogP contribution in [-0.2, 0) is 11.2 Å². The van der Waals surface area contributed by atoms with E-state index in [1.54, 1.807) is 0 Å². The Kier molecular flexibility index (Phi) is 2.64. The first-order chi connectivity index (χ1) is 7.60. The molecular weight excluding hydrogens is 204 g/mol. The molecule has 84 valence electrons. The molecule has 1 heterocycles. The number of hydrogen-bond acceptors (Lipinski definition) is 2. The van der Waals surface area contributed by atoms with E-state index < -0.39 is 0 Å².